The zero-order valence-corrected chi connectivity index (χ0v) is 11.6. The summed E-state index contributed by atoms with van der Waals surface area (Å²) in [5.74, 6) is -0.429. The number of fused-ring (bicyclic) bond motifs is 1. The Morgan fingerprint density at radius 3 is 2.05 bits per heavy atom. The predicted octanol–water partition coefficient (Wildman–Crippen LogP) is 2.29. The van der Waals surface area contributed by atoms with Crippen molar-refractivity contribution in [1.29, 1.82) is 0 Å². The number of imide groups is 1. The Labute approximate surface area is 117 Å². The summed E-state index contributed by atoms with van der Waals surface area (Å²) in [4.78, 5) is 38.4. The van der Waals surface area contributed by atoms with E-state index in [-0.39, 0.29) is 23.5 Å². The first-order chi connectivity index (χ1) is 9.52. The van der Waals surface area contributed by atoms with Crippen LogP contribution in [0, 0.1) is 11.8 Å². The van der Waals surface area contributed by atoms with Crippen LogP contribution in [0.25, 0.3) is 0 Å². The number of nitrogens with zero attached hydrogens (tertiary/aromatic N) is 1. The van der Waals surface area contributed by atoms with Gasteiger partial charge in [-0.3, -0.25) is 19.3 Å². The Balaban J connectivity index is 1.95. The van der Waals surface area contributed by atoms with Crippen LogP contribution in [0.5, 0.6) is 0 Å². The van der Waals surface area contributed by atoms with E-state index < -0.39 is 6.04 Å². The third kappa shape index (κ3) is 1.71. The molecule has 0 radical (unpaired) electrons. The molecule has 1 aromatic rings. The molecule has 1 fully saturated rings. The number of hydrogen-bond donors (Lipinski definition) is 0. The number of carbonyl (C=O) groups is 3. The third-order valence-corrected chi connectivity index (χ3v) is 4.66. The van der Waals surface area contributed by atoms with Crippen molar-refractivity contribution in [2.24, 2.45) is 11.8 Å². The van der Waals surface area contributed by atoms with Gasteiger partial charge in [-0.15, -0.1) is 0 Å². The molecule has 0 saturated heterocycles. The Hall–Kier alpha value is -1.97. The van der Waals surface area contributed by atoms with E-state index in [4.69, 9.17) is 0 Å². The van der Waals surface area contributed by atoms with Crippen LogP contribution in [-0.4, -0.2) is 28.5 Å². The maximum Gasteiger partial charge on any atom is 0.262 e. The molecule has 0 spiro atoms. The fourth-order valence-electron chi connectivity index (χ4n) is 3.14. The van der Waals surface area contributed by atoms with Crippen LogP contribution in [-0.2, 0) is 4.79 Å². The van der Waals surface area contributed by atoms with Crippen molar-refractivity contribution in [2.45, 2.75) is 32.7 Å². The van der Waals surface area contributed by atoms with Crippen molar-refractivity contribution >= 4 is 17.6 Å². The number of hydrogen-bond acceptors (Lipinski definition) is 3. The molecular weight excluding hydrogens is 254 g/mol. The first-order valence-electron chi connectivity index (χ1n) is 7.03. The molecule has 2 amide bonds. The van der Waals surface area contributed by atoms with E-state index in [1.165, 1.54) is 4.90 Å². The monoisotopic (exact) mass is 271 g/mol. The molecule has 4 heteroatoms. The van der Waals surface area contributed by atoms with Gasteiger partial charge in [0.2, 0.25) is 0 Å². The van der Waals surface area contributed by atoms with Crippen molar-refractivity contribution < 1.29 is 14.4 Å². The van der Waals surface area contributed by atoms with Gasteiger partial charge in [-0.1, -0.05) is 26.0 Å². The van der Waals surface area contributed by atoms with Gasteiger partial charge in [-0.05, 0) is 30.9 Å². The van der Waals surface area contributed by atoms with Gasteiger partial charge in [0.25, 0.3) is 11.8 Å². The van der Waals surface area contributed by atoms with Gasteiger partial charge in [0.1, 0.15) is 0 Å². The summed E-state index contributed by atoms with van der Waals surface area (Å²) in [6, 6.07) is 6.18. The Morgan fingerprint density at radius 2 is 1.50 bits per heavy atom. The molecule has 4 nitrogen and oxygen atoms in total. The Kier molecular flexibility index (Phi) is 2.96. The van der Waals surface area contributed by atoms with Crippen LogP contribution in [0.15, 0.2) is 24.3 Å². The van der Waals surface area contributed by atoms with Gasteiger partial charge < -0.3 is 0 Å². The summed E-state index contributed by atoms with van der Waals surface area (Å²) in [5.41, 5.74) is 0.827. The molecule has 1 aliphatic carbocycles. The minimum atomic E-state index is -0.589. The highest BCUT2D eigenvalue weighted by Gasteiger charge is 2.45. The van der Waals surface area contributed by atoms with Crippen molar-refractivity contribution in [3.8, 4) is 0 Å². The average molecular weight is 271 g/mol. The first-order valence-corrected chi connectivity index (χ1v) is 7.03. The second-order valence-corrected chi connectivity index (χ2v) is 5.79. The average Bonchev–Trinajstić information content (AvgIpc) is 2.70. The SMILES string of the molecule is CC1CCC(N2C(=O)c3ccccc3C2=O)C(=O)C1C. The van der Waals surface area contributed by atoms with Crippen LogP contribution in [0.1, 0.15) is 47.4 Å². The van der Waals surface area contributed by atoms with Gasteiger partial charge in [0.15, 0.2) is 5.78 Å². The minimum Gasteiger partial charge on any atom is -0.297 e. The summed E-state index contributed by atoms with van der Waals surface area (Å²) in [6.07, 6.45) is 1.45. The van der Waals surface area contributed by atoms with Crippen molar-refractivity contribution in [1.82, 2.24) is 4.90 Å². The van der Waals surface area contributed by atoms with Crippen LogP contribution in [0.4, 0.5) is 0 Å². The zero-order valence-electron chi connectivity index (χ0n) is 11.6. The quantitative estimate of drug-likeness (QED) is 0.736. The second kappa shape index (κ2) is 4.54. The van der Waals surface area contributed by atoms with Crippen molar-refractivity contribution in [2.75, 3.05) is 0 Å². The van der Waals surface area contributed by atoms with Gasteiger partial charge >= 0.3 is 0 Å². The molecule has 1 heterocycles. The lowest BCUT2D eigenvalue weighted by atomic mass is 9.77. The van der Waals surface area contributed by atoms with Gasteiger partial charge in [-0.25, -0.2) is 0 Å². The maximum absolute atomic E-state index is 12.4. The summed E-state index contributed by atoms with van der Waals surface area (Å²) >= 11 is 0. The molecule has 104 valence electrons. The van der Waals surface area contributed by atoms with Crippen LogP contribution in [0.2, 0.25) is 0 Å². The fraction of sp³-hybridized carbons (Fsp3) is 0.438. The molecule has 0 N–H and O–H groups in total. The van der Waals surface area contributed by atoms with Crippen LogP contribution in [0.3, 0.4) is 0 Å². The summed E-state index contributed by atoms with van der Waals surface area (Å²) in [6.45, 7) is 3.93. The summed E-state index contributed by atoms with van der Waals surface area (Å²) in [7, 11) is 0. The van der Waals surface area contributed by atoms with E-state index in [2.05, 4.69) is 0 Å². The van der Waals surface area contributed by atoms with Crippen molar-refractivity contribution in [3.63, 3.8) is 0 Å². The molecule has 1 aromatic carbocycles. The highest BCUT2D eigenvalue weighted by Crippen LogP contribution is 2.33. The van der Waals surface area contributed by atoms with Crippen LogP contribution >= 0.6 is 0 Å². The van der Waals surface area contributed by atoms with Gasteiger partial charge in [0.05, 0.1) is 17.2 Å². The van der Waals surface area contributed by atoms with Crippen LogP contribution < -0.4 is 0 Å². The van der Waals surface area contributed by atoms with E-state index in [0.29, 0.717) is 23.5 Å². The lowest BCUT2D eigenvalue weighted by Gasteiger charge is -2.34. The highest BCUT2D eigenvalue weighted by atomic mass is 16.2. The van der Waals surface area contributed by atoms with E-state index in [9.17, 15) is 14.4 Å². The summed E-state index contributed by atoms with van der Waals surface area (Å²) < 4.78 is 0. The van der Waals surface area contributed by atoms with Crippen molar-refractivity contribution in [3.05, 3.63) is 35.4 Å². The van der Waals surface area contributed by atoms with E-state index >= 15 is 0 Å². The topological polar surface area (TPSA) is 54.5 Å². The standard InChI is InChI=1S/C16H17NO3/c1-9-7-8-13(14(18)10(9)2)17-15(19)11-5-3-4-6-12(11)16(17)20/h3-6,9-10,13H,7-8H2,1-2H3. The predicted molar refractivity (Wildman–Crippen MR) is 73.3 cm³/mol. The van der Waals surface area contributed by atoms with E-state index in [1.54, 1.807) is 24.3 Å². The zero-order chi connectivity index (χ0) is 14.4. The maximum atomic E-state index is 12.4. The molecule has 20 heavy (non-hydrogen) atoms. The molecule has 0 bridgehead atoms. The molecule has 1 aliphatic heterocycles. The number of carbonyl (C=O) groups excluding carboxylic acids is 3. The lowest BCUT2D eigenvalue weighted by molar-refractivity contribution is -0.130. The molecule has 2 aliphatic rings. The summed E-state index contributed by atoms with van der Waals surface area (Å²) in [5, 5.41) is 0. The molecule has 3 rings (SSSR count). The number of Topliss-reactive ketones (excluding diaryl/α,β-unsaturated/α-hetero) is 1. The van der Waals surface area contributed by atoms with Gasteiger partial charge in [-0.2, -0.15) is 0 Å². The normalized spacial score (nSPS) is 29.8. The lowest BCUT2D eigenvalue weighted by Crippen LogP contribution is -2.50. The number of rotatable bonds is 1. The first kappa shape index (κ1) is 13.0. The molecular formula is C16H17NO3. The number of benzene rings is 1. The molecule has 0 aromatic heterocycles. The van der Waals surface area contributed by atoms with E-state index in [0.717, 1.165) is 6.42 Å². The minimum absolute atomic E-state index is 0.0123. The highest BCUT2D eigenvalue weighted by molar-refractivity contribution is 6.23. The fourth-order valence-corrected chi connectivity index (χ4v) is 3.14. The smallest absolute Gasteiger partial charge is 0.262 e. The molecule has 3 unspecified atom stereocenters. The Morgan fingerprint density at radius 1 is 0.950 bits per heavy atom. The number of ketones is 1. The largest absolute Gasteiger partial charge is 0.297 e. The second-order valence-electron chi connectivity index (χ2n) is 5.79. The van der Waals surface area contributed by atoms with Gasteiger partial charge in [0, 0.05) is 5.92 Å². The molecule has 3 atom stereocenters. The van der Waals surface area contributed by atoms with E-state index in [1.807, 2.05) is 13.8 Å². The third-order valence-electron chi connectivity index (χ3n) is 4.66. The molecule has 1 saturated carbocycles. The Bertz CT molecular complexity index is 572. The number of amides is 2.